The molecule has 0 radical (unpaired) electrons. The summed E-state index contributed by atoms with van der Waals surface area (Å²) in [6, 6.07) is 9.54. The van der Waals surface area contributed by atoms with Crippen LogP contribution in [-0.2, 0) is 16.0 Å². The van der Waals surface area contributed by atoms with Crippen molar-refractivity contribution in [2.24, 2.45) is 5.92 Å². The molecule has 5 nitrogen and oxygen atoms in total. The fourth-order valence-electron chi connectivity index (χ4n) is 3.38. The highest BCUT2D eigenvalue weighted by molar-refractivity contribution is 5.85. The molecule has 0 bridgehead atoms. The van der Waals surface area contributed by atoms with E-state index < -0.39 is 5.60 Å². The van der Waals surface area contributed by atoms with Crippen LogP contribution >= 0.6 is 0 Å². The van der Waals surface area contributed by atoms with E-state index >= 15 is 0 Å². The van der Waals surface area contributed by atoms with Gasteiger partial charge >= 0.3 is 0 Å². The zero-order valence-electron chi connectivity index (χ0n) is 15.4. The van der Waals surface area contributed by atoms with Crippen LogP contribution in [0.1, 0.15) is 52.0 Å². The first-order valence-corrected chi connectivity index (χ1v) is 9.15. The third-order valence-corrected chi connectivity index (χ3v) is 4.69. The first-order valence-electron chi connectivity index (χ1n) is 9.15. The summed E-state index contributed by atoms with van der Waals surface area (Å²) in [5, 5.41) is 16.5. The van der Waals surface area contributed by atoms with Crippen molar-refractivity contribution in [1.82, 2.24) is 10.6 Å². The number of carbonyl (C=O) groups is 2. The molecule has 0 heterocycles. The van der Waals surface area contributed by atoms with Gasteiger partial charge in [-0.3, -0.25) is 9.59 Å². The van der Waals surface area contributed by atoms with E-state index in [9.17, 15) is 14.7 Å². The smallest absolute Gasteiger partial charge is 0.252 e. The summed E-state index contributed by atoms with van der Waals surface area (Å²) in [4.78, 5) is 24.7. The normalized spacial score (nSPS) is 22.9. The lowest BCUT2D eigenvalue weighted by Gasteiger charge is -2.32. The summed E-state index contributed by atoms with van der Waals surface area (Å²) in [6.07, 6.45) is 3.50. The number of hydrogen-bond donors (Lipinski definition) is 3. The number of rotatable bonds is 6. The number of hydrogen-bond acceptors (Lipinski definition) is 3. The standard InChI is InChI=1S/C20H30N2O3/c1-14(2)21-18(23)16-10-7-11-17(12-16)22-19(24)20(3,25)13-15-8-5-4-6-9-15/h4-6,8-9,14,16-17,25H,7,10-13H2,1-3H3,(H,21,23)(H,22,24). The lowest BCUT2D eigenvalue weighted by molar-refractivity contribution is -0.139. The minimum Gasteiger partial charge on any atom is -0.380 e. The Kier molecular flexibility index (Phi) is 6.59. The number of aliphatic hydroxyl groups is 1. The molecule has 3 unspecified atom stereocenters. The average molecular weight is 346 g/mol. The summed E-state index contributed by atoms with van der Waals surface area (Å²) in [5.74, 6) is -0.378. The second-order valence-electron chi connectivity index (χ2n) is 7.63. The predicted octanol–water partition coefficient (Wildman–Crippen LogP) is 2.18. The van der Waals surface area contributed by atoms with E-state index in [0.29, 0.717) is 6.42 Å². The molecule has 0 saturated heterocycles. The highest BCUT2D eigenvalue weighted by atomic mass is 16.3. The van der Waals surface area contributed by atoms with Crippen LogP contribution in [0.5, 0.6) is 0 Å². The van der Waals surface area contributed by atoms with Crippen molar-refractivity contribution in [3.8, 4) is 0 Å². The van der Waals surface area contributed by atoms with Gasteiger partial charge in [0, 0.05) is 24.4 Å². The van der Waals surface area contributed by atoms with Crippen LogP contribution in [0.3, 0.4) is 0 Å². The van der Waals surface area contributed by atoms with Gasteiger partial charge in [-0.15, -0.1) is 0 Å². The van der Waals surface area contributed by atoms with E-state index in [-0.39, 0.29) is 36.2 Å². The Morgan fingerprint density at radius 1 is 1.24 bits per heavy atom. The molecule has 1 aliphatic carbocycles. The number of benzene rings is 1. The minimum absolute atomic E-state index is 0.0602. The van der Waals surface area contributed by atoms with Gasteiger partial charge in [0.1, 0.15) is 5.60 Å². The summed E-state index contributed by atoms with van der Waals surface area (Å²) >= 11 is 0. The van der Waals surface area contributed by atoms with Crippen molar-refractivity contribution < 1.29 is 14.7 Å². The first-order chi connectivity index (χ1) is 11.8. The summed E-state index contributed by atoms with van der Waals surface area (Å²) in [5.41, 5.74) is -0.547. The Morgan fingerprint density at radius 3 is 2.56 bits per heavy atom. The van der Waals surface area contributed by atoms with Crippen molar-refractivity contribution >= 4 is 11.8 Å². The molecule has 3 N–H and O–H groups in total. The maximum atomic E-state index is 12.5. The van der Waals surface area contributed by atoms with Crippen LogP contribution in [-0.4, -0.2) is 34.6 Å². The summed E-state index contributed by atoms with van der Waals surface area (Å²) in [7, 11) is 0. The second kappa shape index (κ2) is 8.48. The van der Waals surface area contributed by atoms with Crippen LogP contribution in [0.25, 0.3) is 0 Å². The van der Waals surface area contributed by atoms with Gasteiger partial charge in [-0.2, -0.15) is 0 Å². The SMILES string of the molecule is CC(C)NC(=O)C1CCCC(NC(=O)C(C)(O)Cc2ccccc2)C1. The lowest BCUT2D eigenvalue weighted by Crippen LogP contribution is -2.51. The Hall–Kier alpha value is -1.88. The topological polar surface area (TPSA) is 78.4 Å². The molecule has 3 atom stereocenters. The van der Waals surface area contributed by atoms with Crippen LogP contribution in [0.4, 0.5) is 0 Å². The maximum Gasteiger partial charge on any atom is 0.252 e. The highest BCUT2D eigenvalue weighted by Gasteiger charge is 2.34. The van der Waals surface area contributed by atoms with Gasteiger partial charge in [0.2, 0.25) is 5.91 Å². The Morgan fingerprint density at radius 2 is 1.92 bits per heavy atom. The van der Waals surface area contributed by atoms with E-state index in [1.165, 1.54) is 0 Å². The Balaban J connectivity index is 1.91. The van der Waals surface area contributed by atoms with Gasteiger partial charge in [0.15, 0.2) is 0 Å². The third kappa shape index (κ3) is 5.85. The second-order valence-corrected chi connectivity index (χ2v) is 7.63. The van der Waals surface area contributed by atoms with E-state index in [0.717, 1.165) is 24.8 Å². The van der Waals surface area contributed by atoms with E-state index in [4.69, 9.17) is 0 Å². The van der Waals surface area contributed by atoms with Gasteiger partial charge in [-0.1, -0.05) is 36.8 Å². The molecule has 1 aliphatic rings. The van der Waals surface area contributed by atoms with Gasteiger partial charge in [0.05, 0.1) is 0 Å². The molecule has 2 rings (SSSR count). The Labute approximate surface area is 150 Å². The molecule has 2 amide bonds. The van der Waals surface area contributed by atoms with Crippen LogP contribution in [0, 0.1) is 5.92 Å². The first kappa shape index (κ1) is 19.4. The van der Waals surface area contributed by atoms with Crippen molar-refractivity contribution in [1.29, 1.82) is 0 Å². The molecule has 1 aromatic carbocycles. The van der Waals surface area contributed by atoms with E-state index in [2.05, 4.69) is 10.6 Å². The van der Waals surface area contributed by atoms with Crippen molar-refractivity contribution in [3.05, 3.63) is 35.9 Å². The fourth-order valence-corrected chi connectivity index (χ4v) is 3.38. The molecule has 1 fully saturated rings. The molecule has 0 aromatic heterocycles. The van der Waals surface area contributed by atoms with Crippen LogP contribution in [0.15, 0.2) is 30.3 Å². The third-order valence-electron chi connectivity index (χ3n) is 4.69. The van der Waals surface area contributed by atoms with Gasteiger partial charge in [-0.05, 0) is 45.6 Å². The largest absolute Gasteiger partial charge is 0.380 e. The van der Waals surface area contributed by atoms with Gasteiger partial charge < -0.3 is 15.7 Å². The van der Waals surface area contributed by atoms with E-state index in [1.807, 2.05) is 44.2 Å². The van der Waals surface area contributed by atoms with E-state index in [1.54, 1.807) is 6.92 Å². The van der Waals surface area contributed by atoms with Crippen molar-refractivity contribution in [2.45, 2.75) is 70.6 Å². The molecule has 5 heteroatoms. The molecule has 1 saturated carbocycles. The fraction of sp³-hybridized carbons (Fsp3) is 0.600. The molecule has 138 valence electrons. The summed E-state index contributed by atoms with van der Waals surface area (Å²) in [6.45, 7) is 5.43. The number of amides is 2. The predicted molar refractivity (Wildman–Crippen MR) is 97.9 cm³/mol. The molecule has 0 spiro atoms. The van der Waals surface area contributed by atoms with Crippen LogP contribution in [0.2, 0.25) is 0 Å². The monoisotopic (exact) mass is 346 g/mol. The van der Waals surface area contributed by atoms with Crippen LogP contribution < -0.4 is 10.6 Å². The van der Waals surface area contributed by atoms with Crippen molar-refractivity contribution in [2.75, 3.05) is 0 Å². The van der Waals surface area contributed by atoms with Gasteiger partial charge in [-0.25, -0.2) is 0 Å². The van der Waals surface area contributed by atoms with Gasteiger partial charge in [0.25, 0.3) is 5.91 Å². The average Bonchev–Trinajstić information content (AvgIpc) is 2.55. The molecule has 0 aliphatic heterocycles. The zero-order chi connectivity index (χ0) is 18.4. The molecular weight excluding hydrogens is 316 g/mol. The maximum absolute atomic E-state index is 12.5. The van der Waals surface area contributed by atoms with Crippen molar-refractivity contribution in [3.63, 3.8) is 0 Å². The number of nitrogens with one attached hydrogen (secondary N) is 2. The molecular formula is C20H30N2O3. The molecule has 1 aromatic rings. The number of carbonyl (C=O) groups excluding carboxylic acids is 2. The molecule has 25 heavy (non-hydrogen) atoms. The summed E-state index contributed by atoms with van der Waals surface area (Å²) < 4.78 is 0. The zero-order valence-corrected chi connectivity index (χ0v) is 15.4. The Bertz CT molecular complexity index is 584. The lowest BCUT2D eigenvalue weighted by atomic mass is 9.84. The highest BCUT2D eigenvalue weighted by Crippen LogP contribution is 2.25. The minimum atomic E-state index is -1.46. The quantitative estimate of drug-likeness (QED) is 0.739.